The Morgan fingerprint density at radius 1 is 1.00 bits per heavy atom. The number of nitrogens with zero attached hydrogens (tertiary/aromatic N) is 1. The van der Waals surface area contributed by atoms with E-state index in [1.807, 2.05) is 0 Å². The van der Waals surface area contributed by atoms with Crippen LogP contribution in [-0.2, 0) is 23.6 Å². The lowest BCUT2D eigenvalue weighted by atomic mass is 10.1. The van der Waals surface area contributed by atoms with Crippen LogP contribution in [0, 0.1) is 0 Å². The summed E-state index contributed by atoms with van der Waals surface area (Å²) >= 11 is 8.46. The molecule has 1 heterocycles. The molecule has 2 aromatic carbocycles. The maximum atomic E-state index is 13.1. The molecule has 36 heavy (non-hydrogen) atoms. The van der Waals surface area contributed by atoms with Crippen LogP contribution in [0.15, 0.2) is 47.1 Å². The largest absolute Gasteiger partial charge is 0.443 e. The van der Waals surface area contributed by atoms with E-state index in [9.17, 15) is 31.1 Å². The molecule has 3 aromatic rings. The van der Waals surface area contributed by atoms with Crippen molar-refractivity contribution in [2.24, 2.45) is 0 Å². The number of nitrogens with one attached hydrogen (secondary N) is 2. The number of alkyl halides is 6. The normalized spacial score (nSPS) is 12.5. The number of benzene rings is 2. The number of halogens is 7. The molecule has 0 radical (unpaired) electrons. The molecule has 0 aliphatic heterocycles. The lowest BCUT2D eigenvalue weighted by Gasteiger charge is -2.19. The third kappa shape index (κ3) is 6.90. The molecule has 2 N–H and O–H groups in total. The smallest absolute Gasteiger partial charge is 0.419 e. The minimum absolute atomic E-state index is 0.0136. The summed E-state index contributed by atoms with van der Waals surface area (Å²) in [4.78, 5) is 12.7. The van der Waals surface area contributed by atoms with E-state index in [-0.39, 0.29) is 17.7 Å². The van der Waals surface area contributed by atoms with Gasteiger partial charge in [-0.05, 0) is 75.0 Å². The fourth-order valence-electron chi connectivity index (χ4n) is 3.25. The molecular weight excluding hydrogens is 576 g/mol. The molecule has 5 nitrogen and oxygen atoms in total. The summed E-state index contributed by atoms with van der Waals surface area (Å²) in [6, 6.07) is 6.30. The molecule has 194 valence electrons. The van der Waals surface area contributed by atoms with Crippen LogP contribution in [-0.4, -0.2) is 21.4 Å². The van der Waals surface area contributed by atoms with Crippen molar-refractivity contribution in [1.29, 1.82) is 0 Å². The van der Waals surface area contributed by atoms with Gasteiger partial charge in [-0.3, -0.25) is 4.57 Å². The minimum Gasteiger partial charge on any atom is -0.443 e. The number of rotatable bonds is 3. The van der Waals surface area contributed by atoms with Crippen LogP contribution in [0.3, 0.4) is 0 Å². The van der Waals surface area contributed by atoms with Gasteiger partial charge in [-0.25, -0.2) is 4.79 Å². The summed E-state index contributed by atoms with van der Waals surface area (Å²) in [5.41, 5.74) is -3.03. The van der Waals surface area contributed by atoms with Crippen LogP contribution in [0.5, 0.6) is 0 Å². The maximum Gasteiger partial charge on any atom is 0.419 e. The second-order valence-electron chi connectivity index (χ2n) is 8.77. The molecule has 0 aliphatic carbocycles. The molecule has 0 saturated carbocycles. The number of thiocarbonyl (C=S) groups is 1. The lowest BCUT2D eigenvalue weighted by molar-refractivity contribution is -0.143. The fraction of sp³-hybridized carbons (Fsp3) is 0.304. The molecular formula is C23H20BrF6N3O2S. The molecule has 0 spiro atoms. The first-order chi connectivity index (χ1) is 16.4. The zero-order chi connectivity index (χ0) is 27.1. The Bertz CT molecular complexity index is 1280. The highest BCUT2D eigenvalue weighted by atomic mass is 79.9. The van der Waals surface area contributed by atoms with Crippen molar-refractivity contribution >= 4 is 55.9 Å². The van der Waals surface area contributed by atoms with Gasteiger partial charge in [0, 0.05) is 28.3 Å². The maximum absolute atomic E-state index is 13.1. The van der Waals surface area contributed by atoms with Crippen LogP contribution in [0.25, 0.3) is 10.9 Å². The number of hydrogen-bond acceptors (Lipinski definition) is 3. The second kappa shape index (κ2) is 9.92. The first kappa shape index (κ1) is 27.8. The second-order valence-corrected chi connectivity index (χ2v) is 10.1. The Hall–Kier alpha value is -2.80. The third-order valence-corrected chi connectivity index (χ3v) is 5.46. The minimum atomic E-state index is -4.98. The zero-order valence-electron chi connectivity index (χ0n) is 19.1. The van der Waals surface area contributed by atoms with E-state index in [1.54, 1.807) is 39.0 Å². The van der Waals surface area contributed by atoms with Gasteiger partial charge in [0.1, 0.15) is 5.60 Å². The van der Waals surface area contributed by atoms with E-state index >= 15 is 0 Å². The van der Waals surface area contributed by atoms with Gasteiger partial charge in [0.05, 0.1) is 16.6 Å². The monoisotopic (exact) mass is 595 g/mol. The predicted octanol–water partition coefficient (Wildman–Crippen LogP) is 7.71. The highest BCUT2D eigenvalue weighted by molar-refractivity contribution is 9.10. The fourth-order valence-corrected chi connectivity index (χ4v) is 3.80. The number of carbonyl (C=O) groups excluding carboxylic acids is 1. The van der Waals surface area contributed by atoms with Crippen LogP contribution in [0.4, 0.5) is 36.8 Å². The van der Waals surface area contributed by atoms with Crippen molar-refractivity contribution in [3.8, 4) is 0 Å². The van der Waals surface area contributed by atoms with Crippen LogP contribution < -0.4 is 10.6 Å². The van der Waals surface area contributed by atoms with E-state index in [2.05, 4.69) is 26.6 Å². The standard InChI is InChI=1S/C23H20BrF6N3O2S/c1-21(2,3)35-20(34)33-11-12(17-9-15(24)4-5-18(17)33)10-31-19(36)32-16-7-13(22(25,26)27)6-14(8-16)23(28,29)30/h4-9,11H,10H2,1-3H3,(H2,31,32,36). The first-order valence-electron chi connectivity index (χ1n) is 10.3. The van der Waals surface area contributed by atoms with Crippen molar-refractivity contribution in [2.75, 3.05) is 5.32 Å². The number of hydrogen-bond donors (Lipinski definition) is 2. The van der Waals surface area contributed by atoms with E-state index in [1.165, 1.54) is 10.8 Å². The molecule has 0 saturated heterocycles. The van der Waals surface area contributed by atoms with Gasteiger partial charge < -0.3 is 15.4 Å². The summed E-state index contributed by atoms with van der Waals surface area (Å²) in [6.07, 6.45) is -9.06. The molecule has 0 atom stereocenters. The van der Waals surface area contributed by atoms with Gasteiger partial charge in [0.25, 0.3) is 0 Å². The van der Waals surface area contributed by atoms with Gasteiger partial charge in [-0.1, -0.05) is 15.9 Å². The Balaban J connectivity index is 1.84. The predicted molar refractivity (Wildman–Crippen MR) is 131 cm³/mol. The molecule has 13 heteroatoms. The summed E-state index contributed by atoms with van der Waals surface area (Å²) in [5, 5.41) is 5.57. The lowest BCUT2D eigenvalue weighted by Crippen LogP contribution is -2.28. The van der Waals surface area contributed by atoms with Gasteiger partial charge in [-0.2, -0.15) is 26.3 Å². The summed E-state index contributed by atoms with van der Waals surface area (Å²) in [6.45, 7) is 5.17. The zero-order valence-corrected chi connectivity index (χ0v) is 21.5. The third-order valence-electron chi connectivity index (χ3n) is 4.72. The molecule has 0 amide bonds. The average molecular weight is 596 g/mol. The molecule has 0 unspecified atom stereocenters. The quantitative estimate of drug-likeness (QED) is 0.240. The van der Waals surface area contributed by atoms with Gasteiger partial charge in [0.2, 0.25) is 0 Å². The molecule has 3 rings (SSSR count). The van der Waals surface area contributed by atoms with Gasteiger partial charge in [-0.15, -0.1) is 0 Å². The van der Waals surface area contributed by atoms with Gasteiger partial charge in [0.15, 0.2) is 5.11 Å². The van der Waals surface area contributed by atoms with Crippen molar-refractivity contribution in [3.05, 3.63) is 63.8 Å². The topological polar surface area (TPSA) is 55.3 Å². The highest BCUT2D eigenvalue weighted by Crippen LogP contribution is 2.37. The van der Waals surface area contributed by atoms with Crippen molar-refractivity contribution < 1.29 is 35.9 Å². The van der Waals surface area contributed by atoms with Crippen molar-refractivity contribution in [1.82, 2.24) is 9.88 Å². The van der Waals surface area contributed by atoms with Crippen LogP contribution in [0.1, 0.15) is 37.5 Å². The van der Waals surface area contributed by atoms with E-state index in [4.69, 9.17) is 17.0 Å². The number of anilines is 1. The molecule has 1 aromatic heterocycles. The van der Waals surface area contributed by atoms with Crippen molar-refractivity contribution in [2.45, 2.75) is 45.3 Å². The summed E-state index contributed by atoms with van der Waals surface area (Å²) < 4.78 is 86.1. The van der Waals surface area contributed by atoms with E-state index in [0.29, 0.717) is 28.6 Å². The van der Waals surface area contributed by atoms with E-state index in [0.717, 1.165) is 4.47 Å². The first-order valence-corrected chi connectivity index (χ1v) is 11.5. The van der Waals surface area contributed by atoms with Gasteiger partial charge >= 0.3 is 18.4 Å². The van der Waals surface area contributed by atoms with E-state index < -0.39 is 40.9 Å². The van der Waals surface area contributed by atoms with Crippen molar-refractivity contribution in [3.63, 3.8) is 0 Å². The molecule has 0 fully saturated rings. The number of ether oxygens (including phenoxy) is 1. The summed E-state index contributed by atoms with van der Waals surface area (Å²) in [7, 11) is 0. The van der Waals surface area contributed by atoms with Crippen LogP contribution in [0.2, 0.25) is 0 Å². The Labute approximate surface area is 215 Å². The summed E-state index contributed by atoms with van der Waals surface area (Å²) in [5.74, 6) is 0. The average Bonchev–Trinajstić information content (AvgIpc) is 3.07. The van der Waals surface area contributed by atoms with Crippen LogP contribution >= 0.6 is 28.1 Å². The Morgan fingerprint density at radius 2 is 1.58 bits per heavy atom. The number of aromatic nitrogens is 1. The highest BCUT2D eigenvalue weighted by Gasteiger charge is 2.37. The molecule has 0 aliphatic rings. The number of carbonyl (C=O) groups is 1. The number of fused-ring (bicyclic) bond motifs is 1. The SMILES string of the molecule is CC(C)(C)OC(=O)n1cc(CNC(=S)Nc2cc(C(F)(F)F)cc(C(F)(F)F)c2)c2cc(Br)ccc21. The molecule has 0 bridgehead atoms. The Morgan fingerprint density at radius 3 is 2.11 bits per heavy atom. The Kier molecular flexibility index (Phi) is 7.66.